The van der Waals surface area contributed by atoms with E-state index < -0.39 is 0 Å². The Labute approximate surface area is 118 Å². The average molecular weight is 276 g/mol. The van der Waals surface area contributed by atoms with E-state index in [2.05, 4.69) is 31.3 Å². The number of hydrogen-bond acceptors (Lipinski definition) is 3. The molecule has 0 spiro atoms. The highest BCUT2D eigenvalue weighted by Crippen LogP contribution is 2.35. The van der Waals surface area contributed by atoms with Crippen LogP contribution in [-0.2, 0) is 0 Å². The van der Waals surface area contributed by atoms with Gasteiger partial charge in [-0.2, -0.15) is 0 Å². The minimum absolute atomic E-state index is 0.234. The first kappa shape index (κ1) is 12.9. The van der Waals surface area contributed by atoms with Gasteiger partial charge in [-0.3, -0.25) is 4.99 Å². The summed E-state index contributed by atoms with van der Waals surface area (Å²) in [6.07, 6.45) is 2.17. The largest absolute Gasteiger partial charge is 0.493 e. The molecule has 19 heavy (non-hydrogen) atoms. The van der Waals surface area contributed by atoms with Crippen molar-refractivity contribution in [1.82, 2.24) is 5.32 Å². The molecule has 102 valence electrons. The molecule has 1 fully saturated rings. The molecule has 1 aromatic rings. The zero-order chi connectivity index (χ0) is 13.2. The van der Waals surface area contributed by atoms with Gasteiger partial charge in [0.1, 0.15) is 5.75 Å². The molecule has 0 aromatic heterocycles. The van der Waals surface area contributed by atoms with Crippen molar-refractivity contribution in [1.29, 1.82) is 0 Å². The number of para-hydroxylation sites is 1. The molecule has 1 saturated heterocycles. The number of rotatable bonds is 1. The van der Waals surface area contributed by atoms with E-state index in [4.69, 9.17) is 9.73 Å². The number of benzene rings is 1. The maximum absolute atomic E-state index is 5.69. The topological polar surface area (TPSA) is 33.6 Å². The number of ether oxygens (including phenoxy) is 1. The molecule has 3 unspecified atom stereocenters. The van der Waals surface area contributed by atoms with Crippen molar-refractivity contribution in [3.05, 3.63) is 29.8 Å². The lowest BCUT2D eigenvalue weighted by molar-refractivity contribution is 0.269. The van der Waals surface area contributed by atoms with E-state index >= 15 is 0 Å². The Bertz CT molecular complexity index is 477. The normalized spacial score (nSPS) is 32.3. The third kappa shape index (κ3) is 2.89. The van der Waals surface area contributed by atoms with Crippen LogP contribution in [0.1, 0.15) is 38.3 Å². The van der Waals surface area contributed by atoms with Crippen molar-refractivity contribution >= 4 is 16.9 Å². The van der Waals surface area contributed by atoms with Crippen LogP contribution < -0.4 is 10.1 Å². The lowest BCUT2D eigenvalue weighted by Crippen LogP contribution is -2.38. The van der Waals surface area contributed by atoms with Gasteiger partial charge in [-0.05, 0) is 19.4 Å². The molecule has 2 heterocycles. The number of hydrogen-bond donors (Lipinski definition) is 1. The van der Waals surface area contributed by atoms with Crippen LogP contribution in [-0.4, -0.2) is 23.1 Å². The minimum atomic E-state index is 0.234. The van der Waals surface area contributed by atoms with E-state index in [1.54, 1.807) is 0 Å². The van der Waals surface area contributed by atoms with Gasteiger partial charge < -0.3 is 10.1 Å². The third-order valence-corrected chi connectivity index (χ3v) is 4.61. The smallest absolute Gasteiger partial charge is 0.157 e. The average Bonchev–Trinajstić information content (AvgIpc) is 2.38. The molecule has 0 amide bonds. The van der Waals surface area contributed by atoms with Crippen LogP contribution in [0, 0.1) is 0 Å². The first-order valence-corrected chi connectivity index (χ1v) is 7.83. The number of nitrogens with one attached hydrogen (secondary N) is 1. The number of nitrogens with zero attached hydrogens (tertiary/aromatic N) is 1. The molecular weight excluding hydrogens is 256 g/mol. The summed E-state index contributed by atoms with van der Waals surface area (Å²) in [5, 5.41) is 5.23. The predicted octanol–water partition coefficient (Wildman–Crippen LogP) is 3.37. The summed E-state index contributed by atoms with van der Waals surface area (Å²) in [5.41, 5.74) is 1.22. The molecule has 0 aliphatic carbocycles. The molecule has 1 N–H and O–H groups in total. The van der Waals surface area contributed by atoms with Gasteiger partial charge in [0.2, 0.25) is 0 Å². The Morgan fingerprint density at radius 1 is 1.32 bits per heavy atom. The van der Waals surface area contributed by atoms with Crippen LogP contribution >= 0.6 is 11.8 Å². The number of fused-ring (bicyclic) bond motifs is 1. The molecular formula is C15H20N2OS. The Morgan fingerprint density at radius 3 is 3.00 bits per heavy atom. The van der Waals surface area contributed by atoms with Crippen LogP contribution in [0.3, 0.4) is 0 Å². The highest BCUT2D eigenvalue weighted by atomic mass is 32.2. The number of thioether (sulfide) groups is 1. The molecule has 2 aliphatic heterocycles. The van der Waals surface area contributed by atoms with Gasteiger partial charge in [-0.1, -0.05) is 36.9 Å². The van der Waals surface area contributed by atoms with Gasteiger partial charge in [-0.25, -0.2) is 0 Å². The fourth-order valence-electron chi connectivity index (χ4n) is 2.71. The Morgan fingerprint density at radius 2 is 2.16 bits per heavy atom. The summed E-state index contributed by atoms with van der Waals surface area (Å²) in [6, 6.07) is 9.00. The van der Waals surface area contributed by atoms with Crippen molar-refractivity contribution in [2.45, 2.75) is 44.0 Å². The van der Waals surface area contributed by atoms with E-state index in [9.17, 15) is 0 Å². The highest BCUT2D eigenvalue weighted by Gasteiger charge is 2.24. The third-order valence-electron chi connectivity index (χ3n) is 3.57. The lowest BCUT2D eigenvalue weighted by atomic mass is 10.0. The van der Waals surface area contributed by atoms with Crippen LogP contribution in [0.5, 0.6) is 5.75 Å². The lowest BCUT2D eigenvalue weighted by Gasteiger charge is -2.29. The maximum atomic E-state index is 5.69. The molecule has 0 bridgehead atoms. The molecule has 1 aromatic carbocycles. The fourth-order valence-corrected chi connectivity index (χ4v) is 3.93. The van der Waals surface area contributed by atoms with Gasteiger partial charge >= 0.3 is 0 Å². The zero-order valence-corrected chi connectivity index (χ0v) is 12.2. The van der Waals surface area contributed by atoms with Gasteiger partial charge in [0.15, 0.2) is 5.17 Å². The standard InChI is InChI=1S/C15H20N2OS/c1-10-9-11(2)19-15(16-10)17-13-7-8-18-14-6-4-3-5-12(13)14/h3-6,10-11,13H,7-9H2,1-2H3,(H,16,17). The zero-order valence-electron chi connectivity index (χ0n) is 11.4. The summed E-state index contributed by atoms with van der Waals surface area (Å²) in [6.45, 7) is 5.26. The second-order valence-electron chi connectivity index (χ2n) is 5.33. The van der Waals surface area contributed by atoms with Crippen LogP contribution in [0.4, 0.5) is 0 Å². The highest BCUT2D eigenvalue weighted by molar-refractivity contribution is 8.14. The van der Waals surface area contributed by atoms with Crippen molar-refractivity contribution in [3.63, 3.8) is 0 Å². The van der Waals surface area contributed by atoms with E-state index in [1.807, 2.05) is 23.9 Å². The van der Waals surface area contributed by atoms with E-state index in [0.717, 1.165) is 23.9 Å². The quantitative estimate of drug-likeness (QED) is 0.854. The van der Waals surface area contributed by atoms with E-state index in [-0.39, 0.29) is 6.04 Å². The van der Waals surface area contributed by atoms with Crippen LogP contribution in [0.15, 0.2) is 29.3 Å². The maximum Gasteiger partial charge on any atom is 0.157 e. The van der Waals surface area contributed by atoms with Crippen molar-refractivity contribution < 1.29 is 4.74 Å². The molecule has 3 atom stereocenters. The van der Waals surface area contributed by atoms with Crippen LogP contribution in [0.2, 0.25) is 0 Å². The first-order valence-electron chi connectivity index (χ1n) is 6.95. The predicted molar refractivity (Wildman–Crippen MR) is 81.0 cm³/mol. The van der Waals surface area contributed by atoms with Crippen molar-refractivity contribution in [2.75, 3.05) is 6.61 Å². The van der Waals surface area contributed by atoms with E-state index in [1.165, 1.54) is 12.0 Å². The Hall–Kier alpha value is -1.16. The summed E-state index contributed by atoms with van der Waals surface area (Å²) in [7, 11) is 0. The van der Waals surface area contributed by atoms with Crippen molar-refractivity contribution in [3.8, 4) is 5.75 Å². The molecule has 0 radical (unpaired) electrons. The Balaban J connectivity index is 1.84. The fraction of sp³-hybridized carbons (Fsp3) is 0.533. The number of amidine groups is 1. The van der Waals surface area contributed by atoms with Crippen LogP contribution in [0.25, 0.3) is 0 Å². The van der Waals surface area contributed by atoms with Gasteiger partial charge in [0.25, 0.3) is 0 Å². The van der Waals surface area contributed by atoms with Gasteiger partial charge in [0.05, 0.1) is 12.6 Å². The summed E-state index contributed by atoms with van der Waals surface area (Å²) >= 11 is 1.86. The molecule has 3 nitrogen and oxygen atoms in total. The van der Waals surface area contributed by atoms with Gasteiger partial charge in [0, 0.05) is 23.3 Å². The molecule has 4 heteroatoms. The number of aliphatic imine (C=N–C) groups is 1. The Kier molecular flexibility index (Phi) is 3.69. The summed E-state index contributed by atoms with van der Waals surface area (Å²) in [4.78, 5) is 4.93. The minimum Gasteiger partial charge on any atom is -0.493 e. The molecule has 0 saturated carbocycles. The summed E-state index contributed by atoms with van der Waals surface area (Å²) in [5.74, 6) is 0.991. The summed E-state index contributed by atoms with van der Waals surface area (Å²) < 4.78 is 5.69. The van der Waals surface area contributed by atoms with Gasteiger partial charge in [-0.15, -0.1) is 0 Å². The van der Waals surface area contributed by atoms with E-state index in [0.29, 0.717) is 11.3 Å². The second-order valence-corrected chi connectivity index (χ2v) is 6.76. The SMILES string of the molecule is CC1CC(C)SC(=NC2CCOc3ccccc32)N1. The molecule has 2 aliphatic rings. The monoisotopic (exact) mass is 276 g/mol. The molecule has 3 rings (SSSR count). The van der Waals surface area contributed by atoms with Crippen molar-refractivity contribution in [2.24, 2.45) is 4.99 Å². The first-order chi connectivity index (χ1) is 9.22. The second kappa shape index (κ2) is 5.45.